The maximum atomic E-state index is 4.08. The summed E-state index contributed by atoms with van der Waals surface area (Å²) in [6.07, 6.45) is 1.58. The average molecular weight is 1390 g/mol. The van der Waals surface area contributed by atoms with Gasteiger partial charge < -0.3 is 25.0 Å². The van der Waals surface area contributed by atoms with Gasteiger partial charge in [-0.15, -0.1) is 0 Å². The first-order chi connectivity index (χ1) is 33.3. The summed E-state index contributed by atoms with van der Waals surface area (Å²) < 4.78 is 0. The van der Waals surface area contributed by atoms with Crippen molar-refractivity contribution in [2.45, 2.75) is 0 Å². The molecule has 10 rings (SSSR count). The molecular formula is C62H59ClP4Pt2S+2. The van der Waals surface area contributed by atoms with Gasteiger partial charge in [0, 0.05) is 42.1 Å². The van der Waals surface area contributed by atoms with Gasteiger partial charge in [-0.05, 0) is 121 Å². The number of halogens is 1. The molecule has 0 fully saturated rings. The Hall–Kier alpha value is -4.06. The SMILES string of the molecule is C[S-].[Cl-].[Pt].[Pt].c1ccc([PH+](C[PH+](c2ccccc2)c2ccccc2)c2ccccc2)cc1.c1ccc([PH+](c2ccccc2)c2ccccc2)cc1.c1ccc([PH+](c2ccccc2)c2ccccc2)cc1. The summed E-state index contributed by atoms with van der Waals surface area (Å²) in [7, 11) is -3.45. The third kappa shape index (κ3) is 17.6. The van der Waals surface area contributed by atoms with Crippen molar-refractivity contribution in [1.29, 1.82) is 0 Å². The Kier molecular flexibility index (Phi) is 28.1. The maximum absolute atomic E-state index is 4.08. The van der Waals surface area contributed by atoms with Gasteiger partial charge in [0.25, 0.3) is 0 Å². The molecule has 0 aliphatic carbocycles. The molecule has 0 nitrogen and oxygen atoms in total. The van der Waals surface area contributed by atoms with Gasteiger partial charge in [-0.25, -0.2) is 0 Å². The van der Waals surface area contributed by atoms with Crippen LogP contribution in [0.1, 0.15) is 0 Å². The average Bonchev–Trinajstić information content (AvgIpc) is 3.43. The van der Waals surface area contributed by atoms with Gasteiger partial charge in [-0.2, -0.15) is 6.26 Å². The molecule has 0 saturated carbocycles. The van der Waals surface area contributed by atoms with Crippen LogP contribution in [0.25, 0.3) is 0 Å². The smallest absolute Gasteiger partial charge is 0.174 e. The second-order valence-corrected chi connectivity index (χ2v) is 26.1. The standard InChI is InChI=1S/C25H22P2.2C18H15P.CH4S.ClH.2Pt/c1-5-13-22(14-6-1)26(23-15-7-2-8-16-23)21-27(24-17-9-3-10-18-24)25-19-11-4-12-20-25;2*1-4-10-16(11-5-1)19(17-12-6-2-7-13-17)18-14-8-3-9-15-18;1-2;;;/h1-20H,21H2;2*1-15H;2H,1H3;1H;;/p+2. The van der Waals surface area contributed by atoms with Crippen LogP contribution in [0.5, 0.6) is 0 Å². The van der Waals surface area contributed by atoms with Crippen molar-refractivity contribution in [3.05, 3.63) is 303 Å². The van der Waals surface area contributed by atoms with E-state index in [1.807, 2.05) is 0 Å². The molecule has 0 spiro atoms. The molecule has 0 unspecified atom stereocenters. The molecule has 0 aromatic heterocycles. The molecule has 0 radical (unpaired) electrons. The van der Waals surface area contributed by atoms with Gasteiger partial charge >= 0.3 is 0 Å². The quantitative estimate of drug-likeness (QED) is 0.0880. The normalized spacial score (nSPS) is 10.1. The topological polar surface area (TPSA) is 0 Å². The zero-order valence-corrected chi connectivity index (χ0v) is 49.1. The van der Waals surface area contributed by atoms with Crippen molar-refractivity contribution in [3.8, 4) is 0 Å². The largest absolute Gasteiger partial charge is 1.00 e. The van der Waals surface area contributed by atoms with E-state index in [0.29, 0.717) is 0 Å². The Labute approximate surface area is 463 Å². The van der Waals surface area contributed by atoms with Crippen LogP contribution in [0.2, 0.25) is 0 Å². The predicted octanol–water partition coefficient (Wildman–Crippen LogP) is 8.19. The molecule has 10 aromatic carbocycles. The molecule has 358 valence electrons. The first-order valence-electron chi connectivity index (χ1n) is 22.7. The molecule has 0 amide bonds. The van der Waals surface area contributed by atoms with Crippen LogP contribution in [0.15, 0.2) is 303 Å². The Balaban J connectivity index is 0.000000224. The van der Waals surface area contributed by atoms with E-state index in [0.717, 1.165) is 0 Å². The van der Waals surface area contributed by atoms with E-state index in [9.17, 15) is 0 Å². The molecule has 0 N–H and O–H groups in total. The Morgan fingerprint density at radius 2 is 0.329 bits per heavy atom. The van der Waals surface area contributed by atoms with Crippen molar-refractivity contribution in [2.75, 3.05) is 12.2 Å². The third-order valence-electron chi connectivity index (χ3n) is 11.2. The molecule has 0 atom stereocenters. The molecule has 10 aromatic rings. The van der Waals surface area contributed by atoms with Gasteiger partial charge in [0.1, 0.15) is 68.9 Å². The molecule has 0 aliphatic heterocycles. The second-order valence-electron chi connectivity index (χ2n) is 15.5. The van der Waals surface area contributed by atoms with E-state index in [1.165, 1.54) is 58.9 Å². The monoisotopic (exact) mass is 1380 g/mol. The number of rotatable bonds is 12. The fourth-order valence-corrected chi connectivity index (χ4v) is 21.0. The minimum absolute atomic E-state index is 0. The molecule has 70 heavy (non-hydrogen) atoms. The van der Waals surface area contributed by atoms with Crippen LogP contribution < -0.4 is 65.5 Å². The van der Waals surface area contributed by atoms with E-state index in [4.69, 9.17) is 0 Å². The summed E-state index contributed by atoms with van der Waals surface area (Å²) in [5.74, 6) is 1.25. The van der Waals surface area contributed by atoms with E-state index in [-0.39, 0.29) is 54.5 Å². The minimum Gasteiger partial charge on any atom is -1.00 e. The fraction of sp³-hybridized carbons (Fsp3) is 0.0323. The van der Waals surface area contributed by atoms with E-state index >= 15 is 0 Å². The van der Waals surface area contributed by atoms with Crippen LogP contribution in [0.4, 0.5) is 0 Å². The molecular weight excluding hydrogens is 1330 g/mol. The maximum Gasteiger partial charge on any atom is 0.174 e. The van der Waals surface area contributed by atoms with Crippen molar-refractivity contribution >= 4 is 97.4 Å². The van der Waals surface area contributed by atoms with Gasteiger partial charge in [-0.1, -0.05) is 182 Å². The van der Waals surface area contributed by atoms with Crippen molar-refractivity contribution in [3.63, 3.8) is 0 Å². The summed E-state index contributed by atoms with van der Waals surface area (Å²) in [5.41, 5.74) is 0. The van der Waals surface area contributed by atoms with Crippen LogP contribution in [-0.4, -0.2) is 12.2 Å². The zero-order chi connectivity index (χ0) is 46.1. The summed E-state index contributed by atoms with van der Waals surface area (Å²) in [4.78, 5) is 0. The second kappa shape index (κ2) is 33.6. The Bertz CT molecular complexity index is 2360. The van der Waals surface area contributed by atoms with Gasteiger partial charge in [0.05, 0.1) is 15.8 Å². The van der Waals surface area contributed by atoms with Crippen LogP contribution in [0.3, 0.4) is 0 Å². The van der Waals surface area contributed by atoms with Crippen LogP contribution in [0, 0.1) is 0 Å². The van der Waals surface area contributed by atoms with Crippen molar-refractivity contribution in [2.24, 2.45) is 0 Å². The number of benzene rings is 10. The van der Waals surface area contributed by atoms with E-state index in [1.54, 1.807) is 6.26 Å². The molecule has 0 saturated heterocycles. The summed E-state index contributed by atoms with van der Waals surface area (Å²) in [5, 5.41) is 14.6. The van der Waals surface area contributed by atoms with Gasteiger partial charge in [-0.3, -0.25) is 0 Å². The first-order valence-corrected chi connectivity index (χ1v) is 30.0. The molecule has 0 bridgehead atoms. The molecule has 0 heterocycles. The van der Waals surface area contributed by atoms with Crippen molar-refractivity contribution in [1.82, 2.24) is 0 Å². The van der Waals surface area contributed by atoms with Crippen molar-refractivity contribution < 1.29 is 54.5 Å². The summed E-state index contributed by atoms with van der Waals surface area (Å²) in [6, 6.07) is 109. The third-order valence-corrected chi connectivity index (χ3v) is 23.6. The van der Waals surface area contributed by atoms with E-state index in [2.05, 4.69) is 316 Å². The van der Waals surface area contributed by atoms with Gasteiger partial charge in [0.2, 0.25) is 0 Å². The van der Waals surface area contributed by atoms with E-state index < -0.39 is 31.7 Å². The zero-order valence-electron chi connectivity index (χ0n) is 39.0. The summed E-state index contributed by atoms with van der Waals surface area (Å²) in [6.45, 7) is 0. The Morgan fingerprint density at radius 1 is 0.214 bits per heavy atom. The molecule has 0 aliphatic rings. The number of hydrogen-bond acceptors (Lipinski definition) is 1. The Morgan fingerprint density at radius 3 is 0.457 bits per heavy atom. The summed E-state index contributed by atoms with van der Waals surface area (Å²) >= 11 is 4.08. The first kappa shape index (κ1) is 58.5. The van der Waals surface area contributed by atoms with Crippen LogP contribution in [-0.2, 0) is 54.8 Å². The molecule has 8 heteroatoms. The predicted molar refractivity (Wildman–Crippen MR) is 312 cm³/mol. The van der Waals surface area contributed by atoms with Gasteiger partial charge in [0.15, 0.2) is 5.90 Å². The minimum atomic E-state index is -0.877. The number of hydrogen-bond donors (Lipinski definition) is 0. The fourth-order valence-electron chi connectivity index (χ4n) is 8.10. The van der Waals surface area contributed by atoms with Crippen LogP contribution >= 0.6 is 31.7 Å².